The van der Waals surface area contributed by atoms with Crippen LogP contribution in [0.5, 0.6) is 5.75 Å². The third kappa shape index (κ3) is 5.34. The Kier molecular flexibility index (Phi) is 7.98. The molecule has 1 aliphatic rings. The molecule has 1 fully saturated rings. The monoisotopic (exact) mass is 467 g/mol. The standard InChI is InChI=1S/C24H22ClN3O3S/c1-3-13-27-22(29)20(15-26)24-28(18-9-11-19(12-10-18)31-4-2)23(30)21(32-24)14-16-5-7-17(25)8-6-16/h3,5-12,21H,1,4,13-14H2,2H3,(H,27,29)/b24-20-. The molecule has 1 N–H and O–H groups in total. The summed E-state index contributed by atoms with van der Waals surface area (Å²) >= 11 is 7.18. The molecule has 32 heavy (non-hydrogen) atoms. The Morgan fingerprint density at radius 2 is 1.97 bits per heavy atom. The average molecular weight is 468 g/mol. The SMILES string of the molecule is C=CCNC(=O)/C(C#N)=C1\SC(Cc2ccc(Cl)cc2)C(=O)N1c1ccc(OCC)cc1. The van der Waals surface area contributed by atoms with E-state index < -0.39 is 11.2 Å². The van der Waals surface area contributed by atoms with Crippen LogP contribution >= 0.6 is 23.4 Å². The molecule has 0 aliphatic carbocycles. The number of carbonyl (C=O) groups is 2. The molecule has 2 amide bonds. The maximum atomic E-state index is 13.4. The first-order chi connectivity index (χ1) is 15.5. The molecule has 8 heteroatoms. The van der Waals surface area contributed by atoms with Crippen LogP contribution in [0.4, 0.5) is 5.69 Å². The number of benzene rings is 2. The lowest BCUT2D eigenvalue weighted by Crippen LogP contribution is -2.32. The zero-order chi connectivity index (χ0) is 23.1. The molecule has 0 radical (unpaired) electrons. The topological polar surface area (TPSA) is 82.4 Å². The quantitative estimate of drug-likeness (QED) is 0.352. The second-order valence-corrected chi connectivity index (χ2v) is 8.46. The van der Waals surface area contributed by atoms with Gasteiger partial charge in [0.1, 0.15) is 22.4 Å². The number of ether oxygens (including phenoxy) is 1. The molecule has 1 saturated heterocycles. The van der Waals surface area contributed by atoms with Gasteiger partial charge in [0.15, 0.2) is 0 Å². The van der Waals surface area contributed by atoms with E-state index in [-0.39, 0.29) is 18.0 Å². The van der Waals surface area contributed by atoms with Crippen molar-refractivity contribution in [2.45, 2.75) is 18.6 Å². The second-order valence-electron chi connectivity index (χ2n) is 6.83. The van der Waals surface area contributed by atoms with Gasteiger partial charge in [-0.1, -0.05) is 41.6 Å². The summed E-state index contributed by atoms with van der Waals surface area (Å²) in [5.74, 6) is -0.0813. The Balaban J connectivity index is 2.00. The Bertz CT molecular complexity index is 1080. The fraction of sp³-hybridized carbons (Fsp3) is 0.208. The van der Waals surface area contributed by atoms with Crippen LogP contribution in [0.1, 0.15) is 12.5 Å². The molecule has 1 heterocycles. The smallest absolute Gasteiger partial charge is 0.264 e. The first-order valence-electron chi connectivity index (χ1n) is 9.99. The highest BCUT2D eigenvalue weighted by Gasteiger charge is 2.40. The minimum absolute atomic E-state index is 0.113. The number of nitriles is 1. The predicted octanol–water partition coefficient (Wildman–Crippen LogP) is 4.47. The maximum absolute atomic E-state index is 13.4. The van der Waals surface area contributed by atoms with E-state index in [1.54, 1.807) is 36.4 Å². The molecule has 1 aliphatic heterocycles. The molecule has 0 aromatic heterocycles. The summed E-state index contributed by atoms with van der Waals surface area (Å²) in [6.45, 7) is 6.20. The molecule has 3 rings (SSSR count). The molecular weight excluding hydrogens is 446 g/mol. The van der Waals surface area contributed by atoms with Crippen molar-refractivity contribution in [2.75, 3.05) is 18.1 Å². The molecule has 0 bridgehead atoms. The van der Waals surface area contributed by atoms with Gasteiger partial charge in [0.25, 0.3) is 5.91 Å². The van der Waals surface area contributed by atoms with Crippen LogP contribution < -0.4 is 15.0 Å². The molecule has 6 nitrogen and oxygen atoms in total. The van der Waals surface area contributed by atoms with Crippen LogP contribution in [0, 0.1) is 11.3 Å². The van der Waals surface area contributed by atoms with Crippen LogP contribution in [0.15, 0.2) is 71.8 Å². The van der Waals surface area contributed by atoms with Crippen molar-refractivity contribution < 1.29 is 14.3 Å². The number of thioether (sulfide) groups is 1. The number of hydrogen-bond donors (Lipinski definition) is 1. The molecule has 0 spiro atoms. The van der Waals surface area contributed by atoms with Gasteiger partial charge in [-0.2, -0.15) is 5.26 Å². The molecule has 164 valence electrons. The van der Waals surface area contributed by atoms with Crippen LogP contribution in [-0.2, 0) is 16.0 Å². The Morgan fingerprint density at radius 1 is 1.28 bits per heavy atom. The summed E-state index contributed by atoms with van der Waals surface area (Å²) in [6.07, 6.45) is 1.96. The van der Waals surface area contributed by atoms with Crippen LogP contribution in [0.25, 0.3) is 0 Å². The number of anilines is 1. The largest absolute Gasteiger partial charge is 0.494 e. The Hall–Kier alpha value is -3.21. The maximum Gasteiger partial charge on any atom is 0.264 e. The van der Waals surface area contributed by atoms with Crippen LogP contribution in [-0.4, -0.2) is 30.2 Å². The van der Waals surface area contributed by atoms with Gasteiger partial charge in [0.05, 0.1) is 11.9 Å². The third-order valence-electron chi connectivity index (χ3n) is 4.65. The second kappa shape index (κ2) is 10.9. The first kappa shape index (κ1) is 23.5. The van der Waals surface area contributed by atoms with Crippen molar-refractivity contribution in [3.8, 4) is 11.8 Å². The van der Waals surface area contributed by atoms with Crippen LogP contribution in [0.2, 0.25) is 5.02 Å². The summed E-state index contributed by atoms with van der Waals surface area (Å²) in [6, 6.07) is 16.2. The number of carbonyl (C=O) groups excluding carboxylic acids is 2. The van der Waals surface area contributed by atoms with E-state index in [9.17, 15) is 14.9 Å². The predicted molar refractivity (Wildman–Crippen MR) is 127 cm³/mol. The average Bonchev–Trinajstić information content (AvgIpc) is 3.10. The highest BCUT2D eigenvalue weighted by Crippen LogP contribution is 2.42. The molecule has 2 aromatic carbocycles. The Labute approximate surface area is 196 Å². The lowest BCUT2D eigenvalue weighted by molar-refractivity contribution is -0.117. The molecule has 2 aromatic rings. The van der Waals surface area contributed by atoms with E-state index in [4.69, 9.17) is 16.3 Å². The fourth-order valence-corrected chi connectivity index (χ4v) is 4.60. The molecule has 1 unspecified atom stereocenters. The van der Waals surface area contributed by atoms with E-state index in [0.717, 1.165) is 5.56 Å². The third-order valence-corrected chi connectivity index (χ3v) is 6.17. The van der Waals surface area contributed by atoms with Crippen molar-refractivity contribution in [3.63, 3.8) is 0 Å². The molecule has 1 atom stereocenters. The van der Waals surface area contributed by atoms with Gasteiger partial charge in [-0.05, 0) is 55.3 Å². The summed E-state index contributed by atoms with van der Waals surface area (Å²) in [7, 11) is 0. The van der Waals surface area contributed by atoms with E-state index in [0.29, 0.717) is 34.5 Å². The van der Waals surface area contributed by atoms with Gasteiger partial charge in [-0.3, -0.25) is 14.5 Å². The van der Waals surface area contributed by atoms with E-state index in [1.165, 1.54) is 22.7 Å². The van der Waals surface area contributed by atoms with Gasteiger partial charge >= 0.3 is 0 Å². The molecular formula is C24H22ClN3O3S. The summed E-state index contributed by atoms with van der Waals surface area (Å²) in [4.78, 5) is 27.5. The number of amides is 2. The zero-order valence-electron chi connectivity index (χ0n) is 17.5. The normalized spacial score (nSPS) is 17.0. The van der Waals surface area contributed by atoms with Crippen molar-refractivity contribution in [1.29, 1.82) is 5.26 Å². The number of rotatable bonds is 8. The van der Waals surface area contributed by atoms with E-state index in [1.807, 2.05) is 25.1 Å². The van der Waals surface area contributed by atoms with E-state index in [2.05, 4.69) is 11.9 Å². The highest BCUT2D eigenvalue weighted by atomic mass is 35.5. The summed E-state index contributed by atoms with van der Waals surface area (Å²) in [5, 5.41) is 12.8. The van der Waals surface area contributed by atoms with Crippen molar-refractivity contribution in [2.24, 2.45) is 0 Å². The van der Waals surface area contributed by atoms with Crippen molar-refractivity contribution in [1.82, 2.24) is 5.32 Å². The van der Waals surface area contributed by atoms with E-state index >= 15 is 0 Å². The summed E-state index contributed by atoms with van der Waals surface area (Å²) in [5.41, 5.74) is 1.38. The number of halogens is 1. The van der Waals surface area contributed by atoms with Gasteiger partial charge in [-0.15, -0.1) is 6.58 Å². The fourth-order valence-electron chi connectivity index (χ4n) is 3.17. The van der Waals surface area contributed by atoms with Gasteiger partial charge in [0, 0.05) is 17.3 Å². The lowest BCUT2D eigenvalue weighted by atomic mass is 10.1. The van der Waals surface area contributed by atoms with Gasteiger partial charge in [-0.25, -0.2) is 0 Å². The number of nitrogens with one attached hydrogen (secondary N) is 1. The van der Waals surface area contributed by atoms with Gasteiger partial charge < -0.3 is 10.1 Å². The minimum Gasteiger partial charge on any atom is -0.494 e. The van der Waals surface area contributed by atoms with Crippen LogP contribution in [0.3, 0.4) is 0 Å². The first-order valence-corrected chi connectivity index (χ1v) is 11.3. The summed E-state index contributed by atoms with van der Waals surface area (Å²) < 4.78 is 5.48. The lowest BCUT2D eigenvalue weighted by Gasteiger charge is -2.19. The Morgan fingerprint density at radius 3 is 2.56 bits per heavy atom. The van der Waals surface area contributed by atoms with Gasteiger partial charge in [0.2, 0.25) is 5.91 Å². The van der Waals surface area contributed by atoms with Crippen molar-refractivity contribution >= 4 is 40.9 Å². The molecule has 0 saturated carbocycles. The zero-order valence-corrected chi connectivity index (χ0v) is 19.1. The minimum atomic E-state index is -0.550. The number of hydrogen-bond acceptors (Lipinski definition) is 5. The van der Waals surface area contributed by atoms with Crippen molar-refractivity contribution in [3.05, 3.63) is 82.4 Å². The number of nitrogens with zero attached hydrogens (tertiary/aromatic N) is 2. The highest BCUT2D eigenvalue weighted by molar-refractivity contribution is 8.05.